The zero-order chi connectivity index (χ0) is 28.6. The standard InChI is InChI=1S/C27H31ClN6O5S/c1-27(2,25(36)37)15-33-13-16-12-32(9-10-34(16)26(33)38)14-19-20(24(35)39-3)21(17-6-4-5-7-18(17)28)31-22(30-19)23-29-8-11-40-23/h4-8,11,16,21H,9-10,12-15H2,1-3H3,(H,30,31)(H,36,37)/t16-,21-/m0/s1. The second-order valence-corrected chi connectivity index (χ2v) is 12.0. The van der Waals surface area contributed by atoms with E-state index in [0.29, 0.717) is 65.4 Å². The Balaban J connectivity index is 1.42. The number of hydrogen-bond acceptors (Lipinski definition) is 9. The highest BCUT2D eigenvalue weighted by molar-refractivity contribution is 7.11. The lowest BCUT2D eigenvalue weighted by molar-refractivity contribution is -0.147. The Hall–Kier alpha value is -3.48. The van der Waals surface area contributed by atoms with Crippen molar-refractivity contribution in [3.63, 3.8) is 0 Å². The molecule has 3 aliphatic rings. The minimum Gasteiger partial charge on any atom is -0.481 e. The van der Waals surface area contributed by atoms with Gasteiger partial charge in [-0.25, -0.2) is 14.6 Å². The number of nitrogens with zero attached hydrogens (tertiary/aromatic N) is 5. The first-order valence-corrected chi connectivity index (χ1v) is 14.2. The molecule has 212 valence electrons. The third kappa shape index (κ3) is 5.43. The summed E-state index contributed by atoms with van der Waals surface area (Å²) in [6, 6.07) is 6.36. The number of carboxylic acid groups (broad SMARTS) is 1. The maximum Gasteiger partial charge on any atom is 0.338 e. The number of piperazine rings is 1. The van der Waals surface area contributed by atoms with Gasteiger partial charge in [0.1, 0.15) is 6.04 Å². The van der Waals surface area contributed by atoms with Gasteiger partial charge in [-0.1, -0.05) is 29.8 Å². The van der Waals surface area contributed by atoms with E-state index in [2.05, 4.69) is 15.2 Å². The van der Waals surface area contributed by atoms with Gasteiger partial charge in [0, 0.05) is 67.1 Å². The average Bonchev–Trinajstić information content (AvgIpc) is 3.56. The van der Waals surface area contributed by atoms with Crippen LogP contribution in [0.25, 0.3) is 0 Å². The third-order valence-corrected chi connectivity index (χ3v) is 8.55. The summed E-state index contributed by atoms with van der Waals surface area (Å²) in [4.78, 5) is 52.8. The smallest absolute Gasteiger partial charge is 0.338 e. The summed E-state index contributed by atoms with van der Waals surface area (Å²) in [5.41, 5.74) is 0.639. The molecule has 40 heavy (non-hydrogen) atoms. The van der Waals surface area contributed by atoms with E-state index in [4.69, 9.17) is 21.3 Å². The van der Waals surface area contributed by atoms with Gasteiger partial charge in [0.15, 0.2) is 10.8 Å². The maximum absolute atomic E-state index is 13.2. The molecule has 1 aromatic heterocycles. The Morgan fingerprint density at radius 3 is 2.70 bits per heavy atom. The molecule has 11 nitrogen and oxygen atoms in total. The van der Waals surface area contributed by atoms with E-state index >= 15 is 0 Å². The van der Waals surface area contributed by atoms with Crippen molar-refractivity contribution in [1.82, 2.24) is 25.0 Å². The fourth-order valence-electron chi connectivity index (χ4n) is 5.33. The molecule has 0 saturated carbocycles. The monoisotopic (exact) mass is 586 g/mol. The fraction of sp³-hybridized carbons (Fsp3) is 0.444. The molecule has 2 amide bonds. The van der Waals surface area contributed by atoms with Crippen molar-refractivity contribution >= 4 is 46.7 Å². The van der Waals surface area contributed by atoms with Crippen molar-refractivity contribution in [2.75, 3.05) is 46.4 Å². The Bertz CT molecular complexity index is 1380. The van der Waals surface area contributed by atoms with Crippen LogP contribution in [0, 0.1) is 5.41 Å². The van der Waals surface area contributed by atoms with Crippen LogP contribution in [0.3, 0.4) is 0 Å². The molecule has 2 saturated heterocycles. The van der Waals surface area contributed by atoms with Crippen LogP contribution < -0.4 is 5.32 Å². The summed E-state index contributed by atoms with van der Waals surface area (Å²) < 4.78 is 5.20. The normalized spacial score (nSPS) is 21.7. The number of aliphatic imine (C=N–C) groups is 1. The number of methoxy groups -OCH3 is 1. The number of benzene rings is 1. The van der Waals surface area contributed by atoms with Crippen LogP contribution in [-0.4, -0.2) is 101 Å². The molecule has 2 fully saturated rings. The van der Waals surface area contributed by atoms with Crippen molar-refractivity contribution in [3.8, 4) is 0 Å². The van der Waals surface area contributed by atoms with E-state index in [1.54, 1.807) is 31.0 Å². The molecule has 13 heteroatoms. The maximum atomic E-state index is 13.2. The molecule has 0 spiro atoms. The zero-order valence-corrected chi connectivity index (χ0v) is 24.0. The van der Waals surface area contributed by atoms with Crippen LogP contribution in [0.4, 0.5) is 4.79 Å². The number of esters is 1. The number of thiazole rings is 1. The van der Waals surface area contributed by atoms with Crippen molar-refractivity contribution in [1.29, 1.82) is 0 Å². The average molecular weight is 587 g/mol. The summed E-state index contributed by atoms with van der Waals surface area (Å²) in [6.45, 7) is 5.85. The number of aromatic nitrogens is 1. The zero-order valence-electron chi connectivity index (χ0n) is 22.5. The van der Waals surface area contributed by atoms with Gasteiger partial charge in [-0.05, 0) is 19.9 Å². The number of carboxylic acids is 1. The van der Waals surface area contributed by atoms with Gasteiger partial charge >= 0.3 is 18.0 Å². The molecule has 2 N–H and O–H groups in total. The minimum atomic E-state index is -1.05. The lowest BCUT2D eigenvalue weighted by atomic mass is 9.93. The molecular formula is C27H31ClN6O5S. The van der Waals surface area contributed by atoms with Crippen LogP contribution in [0.5, 0.6) is 0 Å². The highest BCUT2D eigenvalue weighted by atomic mass is 35.5. The van der Waals surface area contributed by atoms with Crippen LogP contribution in [-0.2, 0) is 14.3 Å². The highest BCUT2D eigenvalue weighted by Gasteiger charge is 2.44. The number of halogens is 1. The lowest BCUT2D eigenvalue weighted by Crippen LogP contribution is -2.53. The van der Waals surface area contributed by atoms with Gasteiger partial charge in [0.2, 0.25) is 0 Å². The number of amides is 2. The number of ether oxygens (including phenoxy) is 1. The number of carbonyl (C=O) groups excluding carboxylic acids is 2. The predicted octanol–water partition coefficient (Wildman–Crippen LogP) is 2.85. The fourth-order valence-corrected chi connectivity index (χ4v) is 6.15. The predicted molar refractivity (Wildman–Crippen MR) is 150 cm³/mol. The number of carbonyl (C=O) groups is 3. The summed E-state index contributed by atoms with van der Waals surface area (Å²) in [6.07, 6.45) is 1.70. The first kappa shape index (κ1) is 28.1. The molecule has 4 heterocycles. The Morgan fingerprint density at radius 1 is 1.25 bits per heavy atom. The van der Waals surface area contributed by atoms with Gasteiger partial charge in [-0.2, -0.15) is 0 Å². The number of urea groups is 1. The van der Waals surface area contributed by atoms with Crippen molar-refractivity contribution in [3.05, 3.63) is 62.7 Å². The van der Waals surface area contributed by atoms with Crippen molar-refractivity contribution in [2.45, 2.75) is 25.9 Å². The first-order chi connectivity index (χ1) is 19.1. The van der Waals surface area contributed by atoms with Gasteiger partial charge in [0.05, 0.1) is 24.1 Å². The van der Waals surface area contributed by atoms with Gasteiger partial charge in [0.25, 0.3) is 0 Å². The van der Waals surface area contributed by atoms with E-state index in [0.717, 1.165) is 0 Å². The first-order valence-electron chi connectivity index (χ1n) is 12.9. The second kappa shape index (κ2) is 11.2. The van der Waals surface area contributed by atoms with Crippen LogP contribution >= 0.6 is 22.9 Å². The minimum absolute atomic E-state index is 0.0944. The van der Waals surface area contributed by atoms with Crippen molar-refractivity contribution in [2.24, 2.45) is 10.4 Å². The van der Waals surface area contributed by atoms with E-state index in [1.807, 2.05) is 28.5 Å². The molecule has 0 aliphatic carbocycles. The van der Waals surface area contributed by atoms with E-state index in [9.17, 15) is 19.5 Å². The highest BCUT2D eigenvalue weighted by Crippen LogP contribution is 2.36. The molecule has 0 radical (unpaired) electrons. The SMILES string of the molecule is COC(=O)C1=C(CN2CCN3C(=O)N(CC(C)(C)C(=O)O)C[C@@H]3C2)NC(c2nccs2)=N[C@H]1c1ccccc1Cl. The molecule has 2 aromatic rings. The van der Waals surface area contributed by atoms with Crippen LogP contribution in [0.1, 0.15) is 30.5 Å². The van der Waals surface area contributed by atoms with Gasteiger partial charge in [-0.15, -0.1) is 11.3 Å². The Labute approximate surface area is 241 Å². The molecule has 1 aromatic carbocycles. The van der Waals surface area contributed by atoms with Crippen molar-refractivity contribution < 1.29 is 24.2 Å². The molecule has 2 atom stereocenters. The molecule has 0 unspecified atom stereocenters. The number of rotatable bonds is 8. The molecule has 3 aliphatic heterocycles. The number of nitrogens with one attached hydrogen (secondary N) is 1. The van der Waals surface area contributed by atoms with Crippen LogP contribution in [0.15, 0.2) is 52.1 Å². The summed E-state index contributed by atoms with van der Waals surface area (Å²) in [5, 5.41) is 15.9. The molecule has 0 bridgehead atoms. The number of fused-ring (bicyclic) bond motifs is 1. The number of hydrogen-bond donors (Lipinski definition) is 2. The van der Waals surface area contributed by atoms with E-state index in [1.165, 1.54) is 18.4 Å². The van der Waals surface area contributed by atoms with Crippen LogP contribution in [0.2, 0.25) is 5.02 Å². The Kier molecular flexibility index (Phi) is 7.85. The summed E-state index contributed by atoms with van der Waals surface area (Å²) in [5.74, 6) is -0.909. The summed E-state index contributed by atoms with van der Waals surface area (Å²) >= 11 is 8.00. The number of amidine groups is 1. The van der Waals surface area contributed by atoms with E-state index in [-0.39, 0.29) is 18.6 Å². The van der Waals surface area contributed by atoms with Gasteiger partial charge < -0.3 is 25.0 Å². The Morgan fingerprint density at radius 2 is 2.02 bits per heavy atom. The topological polar surface area (TPSA) is 128 Å². The molecular weight excluding hydrogens is 556 g/mol. The van der Waals surface area contributed by atoms with Gasteiger partial charge in [-0.3, -0.25) is 14.7 Å². The quantitative estimate of drug-likeness (QED) is 0.452. The number of aliphatic carboxylic acids is 1. The van der Waals surface area contributed by atoms with E-state index < -0.39 is 23.4 Å². The largest absolute Gasteiger partial charge is 0.481 e. The second-order valence-electron chi connectivity index (χ2n) is 10.7. The summed E-state index contributed by atoms with van der Waals surface area (Å²) in [7, 11) is 1.34. The lowest BCUT2D eigenvalue weighted by Gasteiger charge is -2.38. The molecule has 5 rings (SSSR count). The third-order valence-electron chi connectivity index (χ3n) is 7.43.